The lowest BCUT2D eigenvalue weighted by molar-refractivity contribution is -0.208. The molecule has 0 aliphatic rings. The maximum atomic E-state index is 12.4. The van der Waals surface area contributed by atoms with Gasteiger partial charge in [0.25, 0.3) is 0 Å². The smallest absolute Gasteiger partial charge is 0.382 e. The molecule has 1 N–H and O–H groups in total. The molecule has 0 rings (SSSR count). The molecule has 0 bridgehead atoms. The van der Waals surface area contributed by atoms with Crippen LogP contribution in [0.4, 0.5) is 13.2 Å². The highest BCUT2D eigenvalue weighted by Crippen LogP contribution is 2.32. The fraction of sp³-hybridized carbons (Fsp3) is 1.00. The summed E-state index contributed by atoms with van der Waals surface area (Å²) in [6, 6.07) is 0. The molecule has 12 heavy (non-hydrogen) atoms. The molecule has 0 heterocycles. The van der Waals surface area contributed by atoms with Gasteiger partial charge in [0.2, 0.25) is 0 Å². The van der Waals surface area contributed by atoms with Crippen molar-refractivity contribution in [1.82, 2.24) is 5.32 Å². The van der Waals surface area contributed by atoms with Gasteiger partial charge in [-0.25, -0.2) is 0 Å². The van der Waals surface area contributed by atoms with Gasteiger partial charge >= 0.3 is 6.18 Å². The molecule has 74 valence electrons. The van der Waals surface area contributed by atoms with E-state index in [1.54, 1.807) is 0 Å². The van der Waals surface area contributed by atoms with Crippen molar-refractivity contribution < 1.29 is 17.9 Å². The Morgan fingerprint density at radius 1 is 1.33 bits per heavy atom. The van der Waals surface area contributed by atoms with E-state index in [0.29, 0.717) is 0 Å². The van der Waals surface area contributed by atoms with Crippen molar-refractivity contribution in [3.63, 3.8) is 0 Å². The molecule has 0 radical (unpaired) electrons. The predicted octanol–water partition coefficient (Wildman–Crippen LogP) is 1.56. The van der Waals surface area contributed by atoms with E-state index >= 15 is 0 Å². The number of hydrogen-bond acceptors (Lipinski definition) is 2. The van der Waals surface area contributed by atoms with Gasteiger partial charge in [0.1, 0.15) is 5.54 Å². The fourth-order valence-electron chi connectivity index (χ4n) is 1.02. The normalized spacial score (nSPS) is 17.5. The van der Waals surface area contributed by atoms with Crippen LogP contribution in [-0.2, 0) is 4.74 Å². The van der Waals surface area contributed by atoms with Crippen molar-refractivity contribution in [1.29, 1.82) is 0 Å². The van der Waals surface area contributed by atoms with Crippen LogP contribution in [0.3, 0.4) is 0 Å². The van der Waals surface area contributed by atoms with Crippen molar-refractivity contribution in [3.05, 3.63) is 0 Å². The van der Waals surface area contributed by atoms with Crippen molar-refractivity contribution in [3.8, 4) is 0 Å². The molecule has 0 fully saturated rings. The van der Waals surface area contributed by atoms with Crippen LogP contribution < -0.4 is 5.32 Å². The van der Waals surface area contributed by atoms with E-state index in [0.717, 1.165) is 0 Å². The quantitative estimate of drug-likeness (QED) is 0.717. The van der Waals surface area contributed by atoms with E-state index in [2.05, 4.69) is 10.1 Å². The lowest BCUT2D eigenvalue weighted by Gasteiger charge is -2.33. The van der Waals surface area contributed by atoms with Crippen LogP contribution in [0.15, 0.2) is 0 Å². The summed E-state index contributed by atoms with van der Waals surface area (Å²) in [6.07, 6.45) is -4.31. The summed E-state index contributed by atoms with van der Waals surface area (Å²) in [7, 11) is 2.55. The summed E-state index contributed by atoms with van der Waals surface area (Å²) in [4.78, 5) is 0. The molecule has 0 aliphatic carbocycles. The Labute approximate surface area is 70.1 Å². The zero-order chi connectivity index (χ0) is 9.83. The number of ether oxygens (including phenoxy) is 1. The molecule has 0 amide bonds. The standard InChI is InChI=1S/C7H14F3NO/c1-4-6(11-2,5-12-3)7(8,9)10/h11H,4-5H2,1-3H3. The van der Waals surface area contributed by atoms with Crippen molar-refractivity contribution in [2.45, 2.75) is 25.1 Å². The first-order valence-electron chi connectivity index (χ1n) is 3.68. The predicted molar refractivity (Wildman–Crippen MR) is 40.0 cm³/mol. The molecule has 0 aromatic heterocycles. The average Bonchev–Trinajstić information content (AvgIpc) is 1.98. The summed E-state index contributed by atoms with van der Waals surface area (Å²) >= 11 is 0. The van der Waals surface area contributed by atoms with Gasteiger partial charge in [-0.2, -0.15) is 13.2 Å². The Bertz CT molecular complexity index is 131. The van der Waals surface area contributed by atoms with E-state index in [4.69, 9.17) is 0 Å². The lowest BCUT2D eigenvalue weighted by Crippen LogP contribution is -2.58. The molecule has 0 saturated heterocycles. The van der Waals surface area contributed by atoms with E-state index in [-0.39, 0.29) is 13.0 Å². The first kappa shape index (κ1) is 11.7. The highest BCUT2D eigenvalue weighted by atomic mass is 19.4. The van der Waals surface area contributed by atoms with Gasteiger partial charge in [-0.1, -0.05) is 6.92 Å². The SMILES string of the molecule is CCC(COC)(NC)C(F)(F)F. The monoisotopic (exact) mass is 185 g/mol. The maximum Gasteiger partial charge on any atom is 0.408 e. The van der Waals surface area contributed by atoms with Crippen molar-refractivity contribution in [2.75, 3.05) is 20.8 Å². The lowest BCUT2D eigenvalue weighted by atomic mass is 9.97. The Morgan fingerprint density at radius 3 is 1.92 bits per heavy atom. The van der Waals surface area contributed by atoms with Gasteiger partial charge in [-0.3, -0.25) is 0 Å². The molecule has 5 heteroatoms. The third-order valence-corrected chi connectivity index (χ3v) is 2.02. The fourth-order valence-corrected chi connectivity index (χ4v) is 1.02. The maximum absolute atomic E-state index is 12.4. The van der Waals surface area contributed by atoms with E-state index in [1.165, 1.54) is 21.1 Å². The van der Waals surface area contributed by atoms with Crippen LogP contribution >= 0.6 is 0 Å². The minimum Gasteiger partial charge on any atom is -0.382 e. The Kier molecular flexibility index (Phi) is 3.99. The van der Waals surface area contributed by atoms with E-state index in [1.807, 2.05) is 0 Å². The highest BCUT2D eigenvalue weighted by Gasteiger charge is 2.52. The van der Waals surface area contributed by atoms with Crippen LogP contribution in [0.5, 0.6) is 0 Å². The average molecular weight is 185 g/mol. The topological polar surface area (TPSA) is 21.3 Å². The molecule has 0 aromatic rings. The number of rotatable bonds is 4. The van der Waals surface area contributed by atoms with Gasteiger partial charge in [0.05, 0.1) is 6.61 Å². The Morgan fingerprint density at radius 2 is 1.83 bits per heavy atom. The van der Waals surface area contributed by atoms with Gasteiger partial charge < -0.3 is 10.1 Å². The summed E-state index contributed by atoms with van der Waals surface area (Å²) < 4.78 is 41.8. The largest absolute Gasteiger partial charge is 0.408 e. The van der Waals surface area contributed by atoms with Crippen molar-refractivity contribution >= 4 is 0 Å². The second kappa shape index (κ2) is 4.09. The third kappa shape index (κ3) is 2.10. The number of hydrogen-bond donors (Lipinski definition) is 1. The number of nitrogens with one attached hydrogen (secondary N) is 1. The van der Waals surface area contributed by atoms with Crippen LogP contribution in [0, 0.1) is 0 Å². The molecule has 0 aliphatic heterocycles. The van der Waals surface area contributed by atoms with Crippen LogP contribution in [0.2, 0.25) is 0 Å². The summed E-state index contributed by atoms with van der Waals surface area (Å²) in [5, 5.41) is 2.26. The van der Waals surface area contributed by atoms with Gasteiger partial charge in [0, 0.05) is 7.11 Å². The molecule has 2 nitrogen and oxygen atoms in total. The Hall–Kier alpha value is -0.290. The molecular weight excluding hydrogens is 171 g/mol. The Balaban J connectivity index is 4.57. The third-order valence-electron chi connectivity index (χ3n) is 2.02. The second-order valence-corrected chi connectivity index (χ2v) is 2.62. The van der Waals surface area contributed by atoms with Gasteiger partial charge in [-0.05, 0) is 13.5 Å². The molecule has 1 atom stereocenters. The number of halogens is 3. The van der Waals surface area contributed by atoms with Gasteiger partial charge in [-0.15, -0.1) is 0 Å². The van der Waals surface area contributed by atoms with E-state index in [9.17, 15) is 13.2 Å². The first-order valence-corrected chi connectivity index (χ1v) is 3.68. The first-order chi connectivity index (χ1) is 5.43. The van der Waals surface area contributed by atoms with Gasteiger partial charge in [0.15, 0.2) is 0 Å². The van der Waals surface area contributed by atoms with E-state index < -0.39 is 11.7 Å². The zero-order valence-corrected chi connectivity index (χ0v) is 7.46. The minimum atomic E-state index is -4.27. The summed E-state index contributed by atoms with van der Waals surface area (Å²) in [6.45, 7) is 1.12. The minimum absolute atomic E-state index is 0.0408. The van der Waals surface area contributed by atoms with Crippen LogP contribution in [-0.4, -0.2) is 32.5 Å². The van der Waals surface area contributed by atoms with Crippen LogP contribution in [0.25, 0.3) is 0 Å². The molecule has 1 unspecified atom stereocenters. The number of alkyl halides is 3. The molecule has 0 saturated carbocycles. The number of likely N-dealkylation sites (N-methyl/N-ethyl adjacent to an activating group) is 1. The van der Waals surface area contributed by atoms with Crippen molar-refractivity contribution in [2.24, 2.45) is 0 Å². The highest BCUT2D eigenvalue weighted by molar-refractivity contribution is 4.92. The summed E-state index contributed by atoms with van der Waals surface area (Å²) in [5.74, 6) is 0. The summed E-state index contributed by atoms with van der Waals surface area (Å²) in [5.41, 5.74) is -1.90. The number of methoxy groups -OCH3 is 1. The second-order valence-electron chi connectivity index (χ2n) is 2.62. The molecular formula is C7H14F3NO. The molecule has 0 aromatic carbocycles. The molecule has 0 spiro atoms. The van der Waals surface area contributed by atoms with Crippen LogP contribution in [0.1, 0.15) is 13.3 Å². The zero-order valence-electron chi connectivity index (χ0n) is 7.46.